The van der Waals surface area contributed by atoms with E-state index in [4.69, 9.17) is 21.4 Å². The molecule has 0 saturated heterocycles. The molecule has 0 spiro atoms. The molecule has 6 N–H and O–H groups in total. The molecule has 0 bridgehead atoms. The average Bonchev–Trinajstić information content (AvgIpc) is 2.45. The van der Waals surface area contributed by atoms with E-state index in [-0.39, 0.29) is 11.8 Å². The summed E-state index contributed by atoms with van der Waals surface area (Å²) in [5, 5.41) is 14.8. The van der Waals surface area contributed by atoms with Gasteiger partial charge in [-0.25, -0.2) is 0 Å². The predicted octanol–water partition coefficient (Wildman–Crippen LogP) is 0.389. The summed E-state index contributed by atoms with van der Waals surface area (Å²) in [6.45, 7) is 4.19. The van der Waals surface area contributed by atoms with E-state index in [0.29, 0.717) is 17.9 Å². The highest BCUT2D eigenvalue weighted by molar-refractivity contribution is 5.97. The highest BCUT2D eigenvalue weighted by Gasteiger charge is 2.19. The van der Waals surface area contributed by atoms with E-state index < -0.39 is 11.9 Å². The first kappa shape index (κ1) is 16.8. The largest absolute Gasteiger partial charge is 0.496 e. The average molecular weight is 294 g/mol. The van der Waals surface area contributed by atoms with Crippen molar-refractivity contribution in [3.8, 4) is 5.75 Å². The van der Waals surface area contributed by atoms with E-state index in [0.717, 1.165) is 5.56 Å². The minimum atomic E-state index is -0.442. The number of carbonyl (C=O) groups excluding carboxylic acids is 1. The molecule has 0 saturated carbocycles. The number of rotatable bonds is 7. The third-order valence-corrected chi connectivity index (χ3v) is 3.17. The molecule has 1 unspecified atom stereocenters. The van der Waals surface area contributed by atoms with Crippen LogP contribution in [0.2, 0.25) is 0 Å². The van der Waals surface area contributed by atoms with Crippen LogP contribution in [-0.4, -0.2) is 30.1 Å². The Morgan fingerprint density at radius 1 is 1.43 bits per heavy atom. The van der Waals surface area contributed by atoms with Crippen LogP contribution in [0.3, 0.4) is 0 Å². The molecule has 0 heterocycles. The number of nitrogens with one attached hydrogen (secondary N) is 1. The Bertz CT molecular complexity index is 529. The van der Waals surface area contributed by atoms with Gasteiger partial charge >= 0.3 is 0 Å². The lowest BCUT2D eigenvalue weighted by molar-refractivity contribution is -0.121. The van der Waals surface area contributed by atoms with Gasteiger partial charge in [0.05, 0.1) is 13.2 Å². The van der Waals surface area contributed by atoms with Crippen molar-refractivity contribution in [2.75, 3.05) is 7.11 Å². The smallest absolute Gasteiger partial charge is 0.234 e. The van der Waals surface area contributed by atoms with Gasteiger partial charge in [0.25, 0.3) is 0 Å². The first-order valence-corrected chi connectivity index (χ1v) is 6.58. The lowest BCUT2D eigenvalue weighted by atomic mass is 10.0. The molecule has 0 aliphatic heterocycles. The van der Waals surface area contributed by atoms with Crippen LogP contribution in [0.25, 0.3) is 0 Å². The van der Waals surface area contributed by atoms with Crippen molar-refractivity contribution in [3.63, 3.8) is 0 Å². The maximum absolute atomic E-state index is 11.4. The zero-order valence-corrected chi connectivity index (χ0v) is 12.5. The molecule has 7 nitrogen and oxygen atoms in total. The predicted molar refractivity (Wildman–Crippen MR) is 80.2 cm³/mol. The fourth-order valence-corrected chi connectivity index (χ4v) is 2.02. The number of benzene rings is 1. The number of amides is 1. The molecular weight excluding hydrogens is 272 g/mol. The number of primary amides is 1. The van der Waals surface area contributed by atoms with Gasteiger partial charge in [0.15, 0.2) is 5.84 Å². The monoisotopic (exact) mass is 294 g/mol. The number of oxime groups is 1. The van der Waals surface area contributed by atoms with Crippen molar-refractivity contribution in [1.29, 1.82) is 0 Å². The maximum atomic E-state index is 11.4. The number of hydrogen-bond acceptors (Lipinski definition) is 5. The second kappa shape index (κ2) is 7.49. The van der Waals surface area contributed by atoms with Crippen LogP contribution in [0.4, 0.5) is 0 Å². The molecule has 1 amide bonds. The van der Waals surface area contributed by atoms with Gasteiger partial charge in [0.2, 0.25) is 5.91 Å². The molecule has 116 valence electrons. The van der Waals surface area contributed by atoms with E-state index in [9.17, 15) is 4.79 Å². The fourth-order valence-electron chi connectivity index (χ4n) is 2.02. The Morgan fingerprint density at radius 3 is 2.57 bits per heavy atom. The third kappa shape index (κ3) is 4.35. The molecule has 1 aromatic rings. The Kier molecular flexibility index (Phi) is 5.98. The number of methoxy groups -OCH3 is 1. The van der Waals surface area contributed by atoms with Gasteiger partial charge in [-0.3, -0.25) is 4.79 Å². The normalized spacial score (nSPS) is 13.2. The molecular formula is C14H22N4O3. The van der Waals surface area contributed by atoms with Crippen LogP contribution in [-0.2, 0) is 11.3 Å². The molecule has 7 heteroatoms. The van der Waals surface area contributed by atoms with Gasteiger partial charge < -0.3 is 26.7 Å². The van der Waals surface area contributed by atoms with Gasteiger partial charge in [-0.1, -0.05) is 19.0 Å². The van der Waals surface area contributed by atoms with Gasteiger partial charge in [-0.2, -0.15) is 0 Å². The maximum Gasteiger partial charge on any atom is 0.234 e. The second-order valence-electron chi connectivity index (χ2n) is 5.02. The summed E-state index contributed by atoms with van der Waals surface area (Å²) in [5.74, 6) is 0.315. The van der Waals surface area contributed by atoms with Crippen LogP contribution >= 0.6 is 0 Å². The van der Waals surface area contributed by atoms with Crippen molar-refractivity contribution >= 4 is 11.7 Å². The fraction of sp³-hybridized carbons (Fsp3) is 0.429. The summed E-state index contributed by atoms with van der Waals surface area (Å²) in [7, 11) is 1.55. The second-order valence-corrected chi connectivity index (χ2v) is 5.02. The van der Waals surface area contributed by atoms with Crippen molar-refractivity contribution < 1.29 is 14.7 Å². The quantitative estimate of drug-likeness (QED) is 0.251. The van der Waals surface area contributed by atoms with E-state index in [1.807, 2.05) is 13.8 Å². The molecule has 21 heavy (non-hydrogen) atoms. The van der Waals surface area contributed by atoms with Crippen LogP contribution < -0.4 is 21.5 Å². The zero-order chi connectivity index (χ0) is 16.0. The lowest BCUT2D eigenvalue weighted by Crippen LogP contribution is -2.44. The van der Waals surface area contributed by atoms with E-state index in [2.05, 4.69) is 10.5 Å². The molecule has 0 radical (unpaired) electrons. The summed E-state index contributed by atoms with van der Waals surface area (Å²) in [6.07, 6.45) is 0. The van der Waals surface area contributed by atoms with Crippen LogP contribution in [0.5, 0.6) is 5.75 Å². The summed E-state index contributed by atoms with van der Waals surface area (Å²) in [6, 6.07) is 4.70. The SMILES string of the molecule is COc1ccc(/C(N)=N/O)cc1CNC(C(N)=O)C(C)C. The van der Waals surface area contributed by atoms with Crippen molar-refractivity contribution in [3.05, 3.63) is 29.3 Å². The van der Waals surface area contributed by atoms with E-state index >= 15 is 0 Å². The van der Waals surface area contributed by atoms with E-state index in [1.54, 1.807) is 25.3 Å². The van der Waals surface area contributed by atoms with Crippen LogP contribution in [0.15, 0.2) is 23.4 Å². The van der Waals surface area contributed by atoms with Gasteiger partial charge in [0, 0.05) is 17.7 Å². The summed E-state index contributed by atoms with van der Waals surface area (Å²) >= 11 is 0. The van der Waals surface area contributed by atoms with Crippen molar-refractivity contribution in [2.45, 2.75) is 26.4 Å². The lowest BCUT2D eigenvalue weighted by Gasteiger charge is -2.20. The van der Waals surface area contributed by atoms with Crippen molar-refractivity contribution in [1.82, 2.24) is 5.32 Å². The molecule has 1 aromatic carbocycles. The first-order valence-electron chi connectivity index (χ1n) is 6.58. The van der Waals surface area contributed by atoms with Crippen LogP contribution in [0, 0.1) is 5.92 Å². The zero-order valence-electron chi connectivity index (χ0n) is 12.5. The van der Waals surface area contributed by atoms with Gasteiger partial charge in [-0.05, 0) is 24.1 Å². The number of carbonyl (C=O) groups is 1. The molecule has 1 atom stereocenters. The van der Waals surface area contributed by atoms with Crippen molar-refractivity contribution in [2.24, 2.45) is 22.5 Å². The van der Waals surface area contributed by atoms with Crippen LogP contribution in [0.1, 0.15) is 25.0 Å². The first-order chi connectivity index (χ1) is 9.90. The standard InChI is InChI=1S/C14H22N4O3/c1-8(2)12(14(16)19)17-7-10-6-9(13(15)18-20)4-5-11(10)21-3/h4-6,8,12,17,20H,7H2,1-3H3,(H2,15,18)(H2,16,19). The van der Waals surface area contributed by atoms with Gasteiger partial charge in [-0.15, -0.1) is 0 Å². The minimum absolute atomic E-state index is 0.00853. The van der Waals surface area contributed by atoms with E-state index in [1.165, 1.54) is 0 Å². The molecule has 0 fully saturated rings. The highest BCUT2D eigenvalue weighted by atomic mass is 16.5. The number of amidine groups is 1. The number of hydrogen-bond donors (Lipinski definition) is 4. The minimum Gasteiger partial charge on any atom is -0.496 e. The highest BCUT2D eigenvalue weighted by Crippen LogP contribution is 2.20. The Morgan fingerprint density at radius 2 is 2.10 bits per heavy atom. The Balaban J connectivity index is 2.97. The number of ether oxygens (including phenoxy) is 1. The third-order valence-electron chi connectivity index (χ3n) is 3.17. The summed E-state index contributed by atoms with van der Waals surface area (Å²) in [5.41, 5.74) is 12.3. The summed E-state index contributed by atoms with van der Waals surface area (Å²) < 4.78 is 5.27. The Labute approximate surface area is 123 Å². The summed E-state index contributed by atoms with van der Waals surface area (Å²) in [4.78, 5) is 11.4. The number of nitrogens with zero attached hydrogens (tertiary/aromatic N) is 1. The molecule has 0 aliphatic carbocycles. The molecule has 0 aliphatic rings. The molecule has 0 aromatic heterocycles. The van der Waals surface area contributed by atoms with Gasteiger partial charge in [0.1, 0.15) is 5.75 Å². The topological polar surface area (TPSA) is 123 Å². The number of nitrogens with two attached hydrogens (primary N) is 2. The molecule has 1 rings (SSSR count). The Hall–Kier alpha value is -2.28.